The molecule has 1 aromatic rings. The van der Waals surface area contributed by atoms with Crippen LogP contribution in [-0.2, 0) is 4.79 Å². The molecule has 4 aliphatic carbocycles. The van der Waals surface area contributed by atoms with Crippen molar-refractivity contribution in [1.82, 2.24) is 0 Å². The predicted molar refractivity (Wildman–Crippen MR) is 102 cm³/mol. The van der Waals surface area contributed by atoms with E-state index in [2.05, 4.69) is 6.92 Å². The smallest absolute Gasteiger partial charge is 0.308 e. The summed E-state index contributed by atoms with van der Waals surface area (Å²) in [5.41, 5.74) is 1.40. The van der Waals surface area contributed by atoms with E-state index in [1.54, 1.807) is 13.2 Å². The molecule has 1 atom stereocenters. The van der Waals surface area contributed by atoms with Crippen molar-refractivity contribution in [3.8, 4) is 11.5 Å². The number of methoxy groups -OCH3 is 1. The van der Waals surface area contributed by atoms with E-state index in [9.17, 15) is 4.79 Å². The standard InChI is InChI=1S/C22H29NO3/c1-14(22-10-17-6-18(11-22)8-19(7-17)12-22)23-13-16-4-5-20(26-15(2)24)21(9-16)25-3/h4-5,9,13-14,17-19H,6-8,10-12H2,1-3H3. The van der Waals surface area contributed by atoms with Gasteiger partial charge in [0, 0.05) is 13.1 Å². The maximum atomic E-state index is 11.2. The lowest BCUT2D eigenvalue weighted by atomic mass is 9.48. The van der Waals surface area contributed by atoms with Gasteiger partial charge in [-0.2, -0.15) is 0 Å². The first-order chi connectivity index (χ1) is 12.5. The molecule has 0 spiro atoms. The minimum atomic E-state index is -0.347. The van der Waals surface area contributed by atoms with E-state index < -0.39 is 0 Å². The van der Waals surface area contributed by atoms with Crippen molar-refractivity contribution in [2.75, 3.05) is 7.11 Å². The van der Waals surface area contributed by atoms with Gasteiger partial charge in [0.15, 0.2) is 11.5 Å². The van der Waals surface area contributed by atoms with Crippen LogP contribution in [0.5, 0.6) is 11.5 Å². The zero-order valence-electron chi connectivity index (χ0n) is 16.0. The maximum absolute atomic E-state index is 11.2. The van der Waals surface area contributed by atoms with Crippen molar-refractivity contribution in [3.63, 3.8) is 0 Å². The fourth-order valence-electron chi connectivity index (χ4n) is 6.05. The highest BCUT2D eigenvalue weighted by molar-refractivity contribution is 5.81. The summed E-state index contributed by atoms with van der Waals surface area (Å²) in [4.78, 5) is 16.1. The molecule has 0 aliphatic heterocycles. The minimum absolute atomic E-state index is 0.347. The first-order valence-electron chi connectivity index (χ1n) is 9.87. The van der Waals surface area contributed by atoms with Gasteiger partial charge in [-0.15, -0.1) is 0 Å². The molecule has 1 aromatic carbocycles. The zero-order valence-corrected chi connectivity index (χ0v) is 16.0. The van der Waals surface area contributed by atoms with E-state index in [-0.39, 0.29) is 5.97 Å². The van der Waals surface area contributed by atoms with Gasteiger partial charge < -0.3 is 9.47 Å². The number of hydrogen-bond donors (Lipinski definition) is 0. The van der Waals surface area contributed by atoms with Gasteiger partial charge in [-0.3, -0.25) is 9.79 Å². The number of esters is 1. The first kappa shape index (κ1) is 17.6. The number of benzene rings is 1. The second-order valence-corrected chi connectivity index (χ2v) is 8.74. The highest BCUT2D eigenvalue weighted by Gasteiger charge is 2.53. The molecule has 4 bridgehead atoms. The minimum Gasteiger partial charge on any atom is -0.493 e. The number of carbonyl (C=O) groups excluding carboxylic acids is 1. The summed E-state index contributed by atoms with van der Waals surface area (Å²) < 4.78 is 10.5. The Morgan fingerprint density at radius 3 is 2.31 bits per heavy atom. The Morgan fingerprint density at radius 1 is 1.15 bits per heavy atom. The summed E-state index contributed by atoms with van der Waals surface area (Å²) in [5, 5.41) is 0. The van der Waals surface area contributed by atoms with Crippen LogP contribution in [0.2, 0.25) is 0 Å². The van der Waals surface area contributed by atoms with Crippen LogP contribution in [0.25, 0.3) is 0 Å². The van der Waals surface area contributed by atoms with Gasteiger partial charge >= 0.3 is 5.97 Å². The van der Waals surface area contributed by atoms with Gasteiger partial charge in [0.05, 0.1) is 13.2 Å². The lowest BCUT2D eigenvalue weighted by molar-refractivity contribution is -0.132. The van der Waals surface area contributed by atoms with Crippen molar-refractivity contribution in [1.29, 1.82) is 0 Å². The number of nitrogens with zero attached hydrogens (tertiary/aromatic N) is 1. The molecule has 4 saturated carbocycles. The highest BCUT2D eigenvalue weighted by Crippen LogP contribution is 2.61. The fraction of sp³-hybridized carbons (Fsp3) is 0.636. The van der Waals surface area contributed by atoms with Gasteiger partial charge in [-0.25, -0.2) is 0 Å². The highest BCUT2D eigenvalue weighted by atomic mass is 16.6. The van der Waals surface area contributed by atoms with E-state index in [4.69, 9.17) is 14.5 Å². The number of ether oxygens (including phenoxy) is 2. The summed E-state index contributed by atoms with van der Waals surface area (Å²) in [5.74, 6) is 3.50. The molecule has 4 aliphatic rings. The maximum Gasteiger partial charge on any atom is 0.308 e. The molecule has 26 heavy (non-hydrogen) atoms. The first-order valence-corrected chi connectivity index (χ1v) is 9.87. The molecular formula is C22H29NO3. The van der Waals surface area contributed by atoms with Crippen molar-refractivity contribution in [2.45, 2.75) is 58.4 Å². The molecule has 5 rings (SSSR count). The number of carbonyl (C=O) groups is 1. The monoisotopic (exact) mass is 355 g/mol. The van der Waals surface area contributed by atoms with E-state index in [0.717, 1.165) is 23.3 Å². The Hall–Kier alpha value is -1.84. The zero-order chi connectivity index (χ0) is 18.3. The molecule has 4 fully saturated rings. The van der Waals surface area contributed by atoms with Crippen LogP contribution < -0.4 is 9.47 Å². The van der Waals surface area contributed by atoms with Crippen LogP contribution in [0, 0.1) is 23.2 Å². The number of aliphatic imine (C=N–C) groups is 1. The van der Waals surface area contributed by atoms with E-state index in [1.807, 2.05) is 18.3 Å². The van der Waals surface area contributed by atoms with Crippen LogP contribution in [0.15, 0.2) is 23.2 Å². The van der Waals surface area contributed by atoms with Crippen LogP contribution in [0.4, 0.5) is 0 Å². The van der Waals surface area contributed by atoms with Crippen molar-refractivity contribution in [2.24, 2.45) is 28.2 Å². The predicted octanol–water partition coefficient (Wildman–Crippen LogP) is 4.64. The van der Waals surface area contributed by atoms with Gasteiger partial charge in [0.25, 0.3) is 0 Å². The second kappa shape index (κ2) is 6.71. The Balaban J connectivity index is 1.50. The van der Waals surface area contributed by atoms with E-state index >= 15 is 0 Å². The van der Waals surface area contributed by atoms with Gasteiger partial charge in [-0.05, 0) is 92.4 Å². The molecule has 0 saturated heterocycles. The summed E-state index contributed by atoms with van der Waals surface area (Å²) >= 11 is 0. The van der Waals surface area contributed by atoms with Crippen molar-refractivity contribution in [3.05, 3.63) is 23.8 Å². The Labute approximate surface area is 156 Å². The molecule has 0 radical (unpaired) electrons. The van der Waals surface area contributed by atoms with Crippen LogP contribution >= 0.6 is 0 Å². The van der Waals surface area contributed by atoms with Crippen molar-refractivity contribution >= 4 is 12.2 Å². The summed E-state index contributed by atoms with van der Waals surface area (Å²) in [6.07, 6.45) is 10.5. The third-order valence-electron chi connectivity index (χ3n) is 6.86. The lowest BCUT2D eigenvalue weighted by Gasteiger charge is -2.58. The summed E-state index contributed by atoms with van der Waals surface area (Å²) in [6.45, 7) is 3.69. The molecule has 1 unspecified atom stereocenters. The number of rotatable bonds is 5. The Morgan fingerprint density at radius 2 is 1.77 bits per heavy atom. The van der Waals surface area contributed by atoms with E-state index in [0.29, 0.717) is 23.0 Å². The quantitative estimate of drug-likeness (QED) is 0.439. The molecule has 4 heteroatoms. The average molecular weight is 355 g/mol. The SMILES string of the molecule is COc1cc(C=NC(C)C23CC4CC(CC(C4)C2)C3)ccc1OC(C)=O. The van der Waals surface area contributed by atoms with Crippen molar-refractivity contribution < 1.29 is 14.3 Å². The summed E-state index contributed by atoms with van der Waals surface area (Å²) in [6, 6.07) is 5.94. The van der Waals surface area contributed by atoms with Crippen LogP contribution in [0.1, 0.15) is 57.9 Å². The molecule has 140 valence electrons. The van der Waals surface area contributed by atoms with Crippen LogP contribution in [0.3, 0.4) is 0 Å². The van der Waals surface area contributed by atoms with Gasteiger partial charge in [-0.1, -0.05) is 0 Å². The molecule has 4 nitrogen and oxygen atoms in total. The molecule has 0 amide bonds. The molecular weight excluding hydrogens is 326 g/mol. The Kier molecular flexibility index (Phi) is 4.54. The fourth-order valence-corrected chi connectivity index (χ4v) is 6.05. The largest absolute Gasteiger partial charge is 0.493 e. The third-order valence-corrected chi connectivity index (χ3v) is 6.86. The molecule has 0 heterocycles. The van der Waals surface area contributed by atoms with Crippen LogP contribution in [-0.4, -0.2) is 25.3 Å². The third kappa shape index (κ3) is 3.26. The molecule has 0 N–H and O–H groups in total. The average Bonchev–Trinajstić information content (AvgIpc) is 2.59. The topological polar surface area (TPSA) is 47.9 Å². The summed E-state index contributed by atoms with van der Waals surface area (Å²) in [7, 11) is 1.58. The van der Waals surface area contributed by atoms with E-state index in [1.165, 1.54) is 45.4 Å². The normalized spacial score (nSPS) is 33.4. The van der Waals surface area contributed by atoms with Gasteiger partial charge in [0.1, 0.15) is 0 Å². The lowest BCUT2D eigenvalue weighted by Crippen LogP contribution is -2.50. The Bertz CT molecular complexity index is 689. The molecule has 0 aromatic heterocycles. The number of hydrogen-bond acceptors (Lipinski definition) is 4. The van der Waals surface area contributed by atoms with Gasteiger partial charge in [0.2, 0.25) is 0 Å². The second-order valence-electron chi connectivity index (χ2n) is 8.74.